The first-order valence-corrected chi connectivity index (χ1v) is 9.86. The van der Waals surface area contributed by atoms with Crippen molar-refractivity contribution in [3.8, 4) is 0 Å². The minimum Gasteiger partial charge on any atom is -0.322 e. The molecule has 0 bridgehead atoms. The van der Waals surface area contributed by atoms with Crippen LogP contribution < -0.4 is 5.32 Å². The van der Waals surface area contributed by atoms with E-state index >= 15 is 0 Å². The van der Waals surface area contributed by atoms with Crippen LogP contribution >= 0.6 is 0 Å². The molecule has 1 amide bonds. The minimum absolute atomic E-state index is 0.131. The number of para-hydroxylation sites is 1. The molecular weight excluding hydrogens is 396 g/mol. The monoisotopic (exact) mass is 412 g/mol. The number of anilines is 1. The molecule has 0 saturated heterocycles. The summed E-state index contributed by atoms with van der Waals surface area (Å²) in [4.78, 5) is 22.4. The van der Waals surface area contributed by atoms with Crippen LogP contribution in [0, 0.1) is 10.1 Å². The number of nitrogens with one attached hydrogen (secondary N) is 1. The van der Waals surface area contributed by atoms with E-state index in [1.54, 1.807) is 36.4 Å². The maximum absolute atomic E-state index is 12.4. The normalized spacial score (nSPS) is 11.0. The van der Waals surface area contributed by atoms with Crippen LogP contribution in [0.2, 0.25) is 0 Å². The molecule has 0 saturated carbocycles. The van der Waals surface area contributed by atoms with E-state index in [0.29, 0.717) is 11.3 Å². The lowest BCUT2D eigenvalue weighted by atomic mass is 10.2. The number of benzene rings is 3. The van der Waals surface area contributed by atoms with E-state index in [1.165, 1.54) is 42.5 Å². The molecule has 0 aliphatic rings. The molecular formula is C20H16N2O6S. The molecule has 0 spiro atoms. The number of amides is 1. The molecule has 0 heterocycles. The molecule has 3 aromatic rings. The molecule has 29 heavy (non-hydrogen) atoms. The van der Waals surface area contributed by atoms with Crippen molar-refractivity contribution in [2.24, 2.45) is 0 Å². The molecule has 0 aliphatic carbocycles. The van der Waals surface area contributed by atoms with Gasteiger partial charge in [0, 0.05) is 17.3 Å². The van der Waals surface area contributed by atoms with Gasteiger partial charge in [-0.2, -0.15) is 8.42 Å². The lowest BCUT2D eigenvalue weighted by Gasteiger charge is -2.08. The molecule has 8 nitrogen and oxygen atoms in total. The summed E-state index contributed by atoms with van der Waals surface area (Å²) in [5, 5.41) is 13.7. The number of carbonyl (C=O) groups is 1. The second kappa shape index (κ2) is 8.63. The Morgan fingerprint density at radius 2 is 1.55 bits per heavy atom. The van der Waals surface area contributed by atoms with Crippen LogP contribution in [0.1, 0.15) is 15.9 Å². The Labute approximate surface area is 167 Å². The third-order valence-corrected chi connectivity index (χ3v) is 5.27. The first-order valence-electron chi connectivity index (χ1n) is 8.45. The van der Waals surface area contributed by atoms with E-state index < -0.39 is 21.6 Å². The zero-order valence-electron chi connectivity index (χ0n) is 15.0. The van der Waals surface area contributed by atoms with Crippen LogP contribution in [-0.2, 0) is 20.9 Å². The van der Waals surface area contributed by atoms with Gasteiger partial charge in [0.15, 0.2) is 0 Å². The summed E-state index contributed by atoms with van der Waals surface area (Å²) >= 11 is 0. The highest BCUT2D eigenvalue weighted by atomic mass is 32.2. The fourth-order valence-corrected chi connectivity index (χ4v) is 3.41. The average molecular weight is 412 g/mol. The zero-order valence-corrected chi connectivity index (χ0v) is 15.8. The summed E-state index contributed by atoms with van der Waals surface area (Å²) < 4.78 is 29.7. The summed E-state index contributed by atoms with van der Waals surface area (Å²) in [5.41, 5.74) is 0.808. The van der Waals surface area contributed by atoms with E-state index in [-0.39, 0.29) is 22.1 Å². The lowest BCUT2D eigenvalue weighted by molar-refractivity contribution is -0.385. The van der Waals surface area contributed by atoms with E-state index in [9.17, 15) is 23.3 Å². The Kier molecular flexibility index (Phi) is 6.01. The Morgan fingerprint density at radius 3 is 2.21 bits per heavy atom. The van der Waals surface area contributed by atoms with Crippen molar-refractivity contribution >= 4 is 27.4 Å². The summed E-state index contributed by atoms with van der Waals surface area (Å²) in [6.45, 7) is -0.466. The van der Waals surface area contributed by atoms with Crippen LogP contribution in [0.4, 0.5) is 11.4 Å². The molecule has 1 N–H and O–H groups in total. The molecule has 0 aliphatic heterocycles. The third-order valence-electron chi connectivity index (χ3n) is 3.99. The van der Waals surface area contributed by atoms with Gasteiger partial charge in [-0.25, -0.2) is 0 Å². The van der Waals surface area contributed by atoms with Crippen LogP contribution in [0.15, 0.2) is 83.8 Å². The molecule has 3 rings (SSSR count). The van der Waals surface area contributed by atoms with E-state index in [0.717, 1.165) is 0 Å². The zero-order chi connectivity index (χ0) is 20.9. The Bertz CT molecular complexity index is 1130. The number of nitrogens with zero attached hydrogens (tertiary/aromatic N) is 1. The van der Waals surface area contributed by atoms with Gasteiger partial charge in [-0.05, 0) is 42.5 Å². The highest BCUT2D eigenvalue weighted by molar-refractivity contribution is 7.86. The number of hydrogen-bond donors (Lipinski definition) is 1. The van der Waals surface area contributed by atoms with E-state index in [2.05, 4.69) is 5.32 Å². The van der Waals surface area contributed by atoms with Crippen molar-refractivity contribution < 1.29 is 22.3 Å². The van der Waals surface area contributed by atoms with Crippen molar-refractivity contribution in [1.82, 2.24) is 0 Å². The average Bonchev–Trinajstić information content (AvgIpc) is 2.73. The van der Waals surface area contributed by atoms with Crippen molar-refractivity contribution in [2.45, 2.75) is 11.5 Å². The second-order valence-corrected chi connectivity index (χ2v) is 7.56. The van der Waals surface area contributed by atoms with Gasteiger partial charge in [0.05, 0.1) is 22.0 Å². The van der Waals surface area contributed by atoms with Crippen LogP contribution in [0.3, 0.4) is 0 Å². The molecule has 0 radical (unpaired) electrons. The van der Waals surface area contributed by atoms with Gasteiger partial charge in [0.2, 0.25) is 0 Å². The lowest BCUT2D eigenvalue weighted by Crippen LogP contribution is -2.12. The first kappa shape index (κ1) is 20.2. The molecule has 9 heteroatoms. The van der Waals surface area contributed by atoms with Gasteiger partial charge < -0.3 is 5.32 Å². The highest BCUT2D eigenvalue weighted by Gasteiger charge is 2.19. The Morgan fingerprint density at radius 1 is 0.931 bits per heavy atom. The fourth-order valence-electron chi connectivity index (χ4n) is 2.52. The smallest absolute Gasteiger partial charge is 0.297 e. The van der Waals surface area contributed by atoms with Gasteiger partial charge in [-0.3, -0.25) is 19.1 Å². The van der Waals surface area contributed by atoms with Crippen LogP contribution in [0.25, 0.3) is 0 Å². The summed E-state index contributed by atoms with van der Waals surface area (Å²) in [5.74, 6) is -0.325. The molecule has 0 fully saturated rings. The Hall–Kier alpha value is -3.56. The topological polar surface area (TPSA) is 116 Å². The highest BCUT2D eigenvalue weighted by Crippen LogP contribution is 2.22. The molecule has 0 aromatic heterocycles. The number of nitro benzene ring substituents is 1. The second-order valence-electron chi connectivity index (χ2n) is 5.95. The van der Waals surface area contributed by atoms with Gasteiger partial charge in [0.25, 0.3) is 21.7 Å². The molecule has 3 aromatic carbocycles. The maximum Gasteiger partial charge on any atom is 0.297 e. The number of nitro groups is 1. The predicted octanol–water partition coefficient (Wildman–Crippen LogP) is 3.75. The van der Waals surface area contributed by atoms with Crippen molar-refractivity contribution in [3.05, 3.63) is 100 Å². The van der Waals surface area contributed by atoms with Gasteiger partial charge >= 0.3 is 0 Å². The van der Waals surface area contributed by atoms with Crippen LogP contribution in [-0.4, -0.2) is 19.2 Å². The standard InChI is InChI=1S/C20H16N2O6S/c23-20(15-6-2-1-3-7-15)21-17-10-12-18(13-11-17)29(26,27)28-14-16-8-4-5-9-19(16)22(24)25/h1-13H,14H2,(H,21,23). The van der Waals surface area contributed by atoms with E-state index in [4.69, 9.17) is 4.18 Å². The number of hydrogen-bond acceptors (Lipinski definition) is 6. The van der Waals surface area contributed by atoms with Crippen molar-refractivity contribution in [1.29, 1.82) is 0 Å². The number of carbonyl (C=O) groups excluding carboxylic acids is 1. The van der Waals surface area contributed by atoms with Gasteiger partial charge in [0.1, 0.15) is 0 Å². The summed E-state index contributed by atoms with van der Waals surface area (Å²) in [7, 11) is -4.13. The largest absolute Gasteiger partial charge is 0.322 e. The molecule has 148 valence electrons. The SMILES string of the molecule is O=C(Nc1ccc(S(=O)(=O)OCc2ccccc2[N+](=O)[O-])cc1)c1ccccc1. The minimum atomic E-state index is -4.13. The molecule has 0 unspecified atom stereocenters. The Balaban J connectivity index is 1.69. The quantitative estimate of drug-likeness (QED) is 0.359. The number of rotatable bonds is 7. The third kappa shape index (κ3) is 5.03. The molecule has 0 atom stereocenters. The van der Waals surface area contributed by atoms with Crippen LogP contribution in [0.5, 0.6) is 0 Å². The first-order chi connectivity index (χ1) is 13.9. The van der Waals surface area contributed by atoms with Crippen molar-refractivity contribution in [2.75, 3.05) is 5.32 Å². The summed E-state index contributed by atoms with van der Waals surface area (Å²) in [6.07, 6.45) is 0. The predicted molar refractivity (Wildman–Crippen MR) is 106 cm³/mol. The van der Waals surface area contributed by atoms with Gasteiger partial charge in [-0.1, -0.05) is 30.3 Å². The summed E-state index contributed by atoms with van der Waals surface area (Å²) in [6, 6.07) is 19.8. The van der Waals surface area contributed by atoms with Gasteiger partial charge in [-0.15, -0.1) is 0 Å². The maximum atomic E-state index is 12.4. The fraction of sp³-hybridized carbons (Fsp3) is 0.0500. The van der Waals surface area contributed by atoms with E-state index in [1.807, 2.05) is 0 Å². The van der Waals surface area contributed by atoms with Crippen molar-refractivity contribution in [3.63, 3.8) is 0 Å².